The summed E-state index contributed by atoms with van der Waals surface area (Å²) in [5.74, 6) is 0.833. The van der Waals surface area contributed by atoms with Crippen molar-refractivity contribution in [3.63, 3.8) is 0 Å². The molecule has 0 amide bonds. The van der Waals surface area contributed by atoms with Crippen LogP contribution in [-0.2, 0) is 0 Å². The molecule has 2 unspecified atom stereocenters. The Morgan fingerprint density at radius 2 is 2.16 bits per heavy atom. The molecular formula is C17H24N2. The predicted octanol–water partition coefficient (Wildman–Crippen LogP) is 4.91. The van der Waals surface area contributed by atoms with Crippen LogP contribution in [0.2, 0.25) is 0 Å². The van der Waals surface area contributed by atoms with Gasteiger partial charge in [-0.05, 0) is 55.4 Å². The summed E-state index contributed by atoms with van der Waals surface area (Å²) in [5.41, 5.74) is 3.16. The van der Waals surface area contributed by atoms with Crippen LogP contribution < -0.4 is 0 Å². The summed E-state index contributed by atoms with van der Waals surface area (Å²) in [6, 6.07) is 8.44. The van der Waals surface area contributed by atoms with E-state index in [1.807, 2.05) is 13.0 Å². The highest BCUT2D eigenvalue weighted by Gasteiger charge is 2.19. The molecule has 0 saturated carbocycles. The maximum atomic E-state index is 7.72. The topological polar surface area (TPSA) is 47.7 Å². The van der Waals surface area contributed by atoms with Crippen molar-refractivity contribution in [2.45, 2.75) is 39.0 Å². The van der Waals surface area contributed by atoms with E-state index in [1.54, 1.807) is 0 Å². The molecule has 0 aliphatic rings. The molecule has 0 saturated heterocycles. The van der Waals surface area contributed by atoms with Crippen LogP contribution in [0.25, 0.3) is 6.08 Å². The summed E-state index contributed by atoms with van der Waals surface area (Å²) in [6.45, 7) is 7.90. The van der Waals surface area contributed by atoms with E-state index >= 15 is 0 Å². The van der Waals surface area contributed by atoms with Gasteiger partial charge >= 0.3 is 0 Å². The van der Waals surface area contributed by atoms with Crippen LogP contribution in [0.3, 0.4) is 0 Å². The molecule has 0 heterocycles. The third-order valence-corrected chi connectivity index (χ3v) is 3.63. The number of hydrogen-bond donors (Lipinski definition) is 2. The highest BCUT2D eigenvalue weighted by atomic mass is 14.4. The van der Waals surface area contributed by atoms with E-state index in [0.29, 0.717) is 11.8 Å². The van der Waals surface area contributed by atoms with E-state index < -0.39 is 0 Å². The number of benzene rings is 1. The Morgan fingerprint density at radius 3 is 2.74 bits per heavy atom. The maximum absolute atomic E-state index is 7.72. The van der Waals surface area contributed by atoms with Gasteiger partial charge < -0.3 is 10.8 Å². The summed E-state index contributed by atoms with van der Waals surface area (Å²) in [5, 5.41) is 14.9. The Kier molecular flexibility index (Phi) is 6.20. The van der Waals surface area contributed by atoms with Gasteiger partial charge in [0.15, 0.2) is 0 Å². The van der Waals surface area contributed by atoms with E-state index in [-0.39, 0.29) is 0 Å². The molecule has 0 radical (unpaired) electrons. The number of nitrogens with one attached hydrogen (secondary N) is 2. The van der Waals surface area contributed by atoms with Crippen LogP contribution in [0.15, 0.2) is 30.8 Å². The lowest BCUT2D eigenvalue weighted by molar-refractivity contribution is 0.436. The average molecular weight is 256 g/mol. The zero-order valence-electron chi connectivity index (χ0n) is 11.9. The Balaban J connectivity index is 2.89. The number of rotatable bonds is 8. The maximum Gasteiger partial charge on any atom is 0.00612 e. The molecule has 2 atom stereocenters. The van der Waals surface area contributed by atoms with Crippen molar-refractivity contribution in [1.82, 2.24) is 0 Å². The molecule has 2 nitrogen and oxygen atoms in total. The van der Waals surface area contributed by atoms with Crippen molar-refractivity contribution in [1.29, 1.82) is 10.8 Å². The highest BCUT2D eigenvalue weighted by molar-refractivity contribution is 5.78. The van der Waals surface area contributed by atoms with Crippen LogP contribution in [0, 0.1) is 16.7 Å². The van der Waals surface area contributed by atoms with Crippen molar-refractivity contribution in [3.05, 3.63) is 42.0 Å². The van der Waals surface area contributed by atoms with Gasteiger partial charge in [-0.25, -0.2) is 0 Å². The summed E-state index contributed by atoms with van der Waals surface area (Å²) in [7, 11) is 0. The van der Waals surface area contributed by atoms with Gasteiger partial charge in [-0.2, -0.15) is 0 Å². The predicted molar refractivity (Wildman–Crippen MR) is 84.5 cm³/mol. The van der Waals surface area contributed by atoms with E-state index in [1.165, 1.54) is 11.8 Å². The average Bonchev–Trinajstić information content (AvgIpc) is 2.42. The number of hydrogen-bond acceptors (Lipinski definition) is 2. The van der Waals surface area contributed by atoms with Gasteiger partial charge in [-0.15, -0.1) is 0 Å². The second-order valence-corrected chi connectivity index (χ2v) is 5.19. The fourth-order valence-electron chi connectivity index (χ4n) is 2.46. The van der Waals surface area contributed by atoms with E-state index in [2.05, 4.69) is 37.8 Å². The normalized spacial score (nSPS) is 13.6. The fraction of sp³-hybridized carbons (Fsp3) is 0.412. The van der Waals surface area contributed by atoms with Crippen molar-refractivity contribution in [2.24, 2.45) is 5.92 Å². The first kappa shape index (κ1) is 15.4. The van der Waals surface area contributed by atoms with E-state index in [4.69, 9.17) is 10.8 Å². The van der Waals surface area contributed by atoms with Crippen LogP contribution in [0.4, 0.5) is 0 Å². The van der Waals surface area contributed by atoms with Crippen LogP contribution >= 0.6 is 0 Å². The second kappa shape index (κ2) is 7.67. The van der Waals surface area contributed by atoms with Gasteiger partial charge in [0.1, 0.15) is 0 Å². The van der Waals surface area contributed by atoms with Gasteiger partial charge in [-0.1, -0.05) is 43.8 Å². The Labute approximate surface area is 116 Å². The smallest absolute Gasteiger partial charge is 0.00612 e. The standard InChI is InChI=1S/C17H24N2/c1-4-15-7-5-8-17(12-15)14(3)16(9-6-10-18)11-13(2)19/h4-5,7-8,10,12,14,16,18-19H,1,6,9,11H2,2-3H3. The summed E-state index contributed by atoms with van der Waals surface area (Å²) >= 11 is 0. The Hall–Kier alpha value is -1.70. The molecular weight excluding hydrogens is 232 g/mol. The molecule has 19 heavy (non-hydrogen) atoms. The molecule has 1 aromatic rings. The van der Waals surface area contributed by atoms with Crippen LogP contribution in [-0.4, -0.2) is 11.9 Å². The third-order valence-electron chi connectivity index (χ3n) is 3.63. The van der Waals surface area contributed by atoms with Gasteiger partial charge in [0.25, 0.3) is 0 Å². The van der Waals surface area contributed by atoms with Crippen molar-refractivity contribution >= 4 is 18.0 Å². The molecule has 0 aliphatic carbocycles. The molecule has 0 aliphatic heterocycles. The first-order chi connectivity index (χ1) is 9.08. The third kappa shape index (κ3) is 4.82. The Morgan fingerprint density at radius 1 is 1.42 bits per heavy atom. The summed E-state index contributed by atoms with van der Waals surface area (Å²) in [6.07, 6.45) is 5.92. The van der Waals surface area contributed by atoms with Crippen LogP contribution in [0.5, 0.6) is 0 Å². The minimum Gasteiger partial charge on any atom is -0.313 e. The van der Waals surface area contributed by atoms with Gasteiger partial charge in [-0.3, -0.25) is 0 Å². The zero-order valence-corrected chi connectivity index (χ0v) is 11.9. The summed E-state index contributed by atoms with van der Waals surface area (Å²) in [4.78, 5) is 0. The molecule has 102 valence electrons. The molecule has 2 N–H and O–H groups in total. The van der Waals surface area contributed by atoms with E-state index in [0.717, 1.165) is 30.5 Å². The molecule has 2 heteroatoms. The quantitative estimate of drug-likeness (QED) is 0.621. The zero-order chi connectivity index (χ0) is 14.3. The molecule has 1 rings (SSSR count). The second-order valence-electron chi connectivity index (χ2n) is 5.19. The summed E-state index contributed by atoms with van der Waals surface area (Å²) < 4.78 is 0. The highest BCUT2D eigenvalue weighted by Crippen LogP contribution is 2.31. The molecule has 0 bridgehead atoms. The monoisotopic (exact) mass is 256 g/mol. The lowest BCUT2D eigenvalue weighted by atomic mass is 9.81. The van der Waals surface area contributed by atoms with Gasteiger partial charge in [0.2, 0.25) is 0 Å². The molecule has 0 fully saturated rings. The molecule has 1 aromatic carbocycles. The molecule has 0 aromatic heterocycles. The molecule has 0 spiro atoms. The van der Waals surface area contributed by atoms with Gasteiger partial charge in [0, 0.05) is 5.71 Å². The van der Waals surface area contributed by atoms with Crippen LogP contribution in [0.1, 0.15) is 50.2 Å². The minimum atomic E-state index is 0.403. The van der Waals surface area contributed by atoms with E-state index in [9.17, 15) is 0 Å². The lowest BCUT2D eigenvalue weighted by Crippen LogP contribution is -2.14. The Bertz CT molecular complexity index is 448. The largest absolute Gasteiger partial charge is 0.313 e. The first-order valence-corrected chi connectivity index (χ1v) is 6.83. The van der Waals surface area contributed by atoms with Crippen molar-refractivity contribution < 1.29 is 0 Å². The minimum absolute atomic E-state index is 0.403. The first-order valence-electron chi connectivity index (χ1n) is 6.83. The lowest BCUT2D eigenvalue weighted by Gasteiger charge is -2.24. The van der Waals surface area contributed by atoms with Gasteiger partial charge in [0.05, 0.1) is 0 Å². The van der Waals surface area contributed by atoms with Crippen molar-refractivity contribution in [2.75, 3.05) is 0 Å². The SMILES string of the molecule is C=Cc1cccc(C(C)C(CCC=N)CC(C)=N)c1. The van der Waals surface area contributed by atoms with Crippen molar-refractivity contribution in [3.8, 4) is 0 Å². The fourth-order valence-corrected chi connectivity index (χ4v) is 2.46.